The predicted molar refractivity (Wildman–Crippen MR) is 144 cm³/mol. The van der Waals surface area contributed by atoms with Crippen molar-refractivity contribution in [3.05, 3.63) is 59.6 Å². The van der Waals surface area contributed by atoms with Crippen molar-refractivity contribution in [2.24, 2.45) is 10.9 Å². The summed E-state index contributed by atoms with van der Waals surface area (Å²) in [6.07, 6.45) is 4.54. The second-order valence-electron chi connectivity index (χ2n) is 10.6. The Kier molecular flexibility index (Phi) is 7.67. The van der Waals surface area contributed by atoms with Gasteiger partial charge in [0, 0.05) is 29.7 Å². The molecule has 0 saturated heterocycles. The van der Waals surface area contributed by atoms with Crippen LogP contribution in [-0.4, -0.2) is 49.5 Å². The zero-order chi connectivity index (χ0) is 29.3. The molecule has 2 fully saturated rings. The number of alkyl halides is 3. The molecule has 0 amide bonds. The molecule has 1 unspecified atom stereocenters. The maximum atomic E-state index is 13.1. The number of carboxylic acid groups (broad SMARTS) is 1. The van der Waals surface area contributed by atoms with Crippen LogP contribution >= 0.6 is 0 Å². The Morgan fingerprint density at radius 3 is 2.71 bits per heavy atom. The molecule has 1 N–H and O–H groups in total. The first-order valence-corrected chi connectivity index (χ1v) is 13.8. The Morgan fingerprint density at radius 2 is 2.00 bits per heavy atom. The molecule has 4 aromatic rings. The van der Waals surface area contributed by atoms with E-state index in [1.165, 1.54) is 35.3 Å². The molecule has 2 aliphatic carbocycles. The molecule has 13 heteroatoms. The van der Waals surface area contributed by atoms with Crippen molar-refractivity contribution in [3.8, 4) is 17.0 Å². The van der Waals surface area contributed by atoms with Crippen molar-refractivity contribution in [2.75, 3.05) is 0 Å². The lowest BCUT2D eigenvalue weighted by atomic mass is 9.81. The highest BCUT2D eigenvalue weighted by Gasteiger charge is 2.36. The van der Waals surface area contributed by atoms with Crippen molar-refractivity contribution in [1.82, 2.24) is 19.8 Å². The minimum atomic E-state index is -4.85. The number of hydrogen-bond acceptors (Lipinski definition) is 8. The smallest absolute Gasteiger partial charge is 0.476 e. The van der Waals surface area contributed by atoms with Gasteiger partial charge in [-0.2, -0.15) is 0 Å². The van der Waals surface area contributed by atoms with Gasteiger partial charge in [-0.1, -0.05) is 36.6 Å². The fraction of sp³-hybridized carbons (Fsp3) is 0.414. The highest BCUT2D eigenvalue weighted by molar-refractivity contribution is 5.86. The molecular weight excluding hydrogens is 555 g/mol. The number of carboxylic acids is 1. The third-order valence-corrected chi connectivity index (χ3v) is 7.54. The molecule has 220 valence electrons. The fourth-order valence-corrected chi connectivity index (χ4v) is 5.06. The largest absolute Gasteiger partial charge is 0.573 e. The highest BCUT2D eigenvalue weighted by atomic mass is 19.4. The van der Waals surface area contributed by atoms with Crippen molar-refractivity contribution < 1.29 is 37.1 Å². The van der Waals surface area contributed by atoms with Gasteiger partial charge in [-0.05, 0) is 49.4 Å². The fourth-order valence-electron chi connectivity index (χ4n) is 5.06. The monoisotopic (exact) mass is 583 g/mol. The lowest BCUT2D eigenvalue weighted by Crippen LogP contribution is -2.22. The van der Waals surface area contributed by atoms with E-state index in [0.29, 0.717) is 35.1 Å². The zero-order valence-electron chi connectivity index (χ0n) is 22.5. The van der Waals surface area contributed by atoms with Crippen molar-refractivity contribution in [1.29, 1.82) is 0 Å². The van der Waals surface area contributed by atoms with E-state index in [-0.39, 0.29) is 41.3 Å². The van der Waals surface area contributed by atoms with Crippen LogP contribution in [0.1, 0.15) is 72.7 Å². The second kappa shape index (κ2) is 11.6. The van der Waals surface area contributed by atoms with Gasteiger partial charge in [-0.25, -0.2) is 19.3 Å². The van der Waals surface area contributed by atoms with Crippen LogP contribution in [0.25, 0.3) is 16.9 Å². The summed E-state index contributed by atoms with van der Waals surface area (Å²) in [7, 11) is 0. The molecular formula is C29H28F3N5O5. The Labute approximate surface area is 238 Å². The lowest BCUT2D eigenvalue weighted by molar-refractivity contribution is -0.274. The number of aromatic nitrogens is 4. The number of imidazole rings is 1. The minimum absolute atomic E-state index is 0.108. The molecule has 0 radical (unpaired) electrons. The van der Waals surface area contributed by atoms with Crippen molar-refractivity contribution in [3.63, 3.8) is 0 Å². The van der Waals surface area contributed by atoms with Crippen LogP contribution in [0.2, 0.25) is 0 Å². The van der Waals surface area contributed by atoms with Gasteiger partial charge in [0.2, 0.25) is 0 Å². The van der Waals surface area contributed by atoms with E-state index < -0.39 is 12.3 Å². The Morgan fingerprint density at radius 1 is 1.19 bits per heavy atom. The first-order chi connectivity index (χ1) is 20.2. The Balaban J connectivity index is 1.20. The average molecular weight is 584 g/mol. The van der Waals surface area contributed by atoms with Crippen molar-refractivity contribution >= 4 is 23.6 Å². The van der Waals surface area contributed by atoms with Gasteiger partial charge in [0.1, 0.15) is 17.2 Å². The number of halogens is 3. The number of carbonyl (C=O) groups is 1. The molecule has 6 rings (SSSR count). The highest BCUT2D eigenvalue weighted by Crippen LogP contribution is 2.46. The third-order valence-electron chi connectivity index (χ3n) is 7.54. The van der Waals surface area contributed by atoms with Gasteiger partial charge in [0.25, 0.3) is 0 Å². The van der Waals surface area contributed by atoms with Crippen LogP contribution in [0, 0.1) is 5.92 Å². The molecule has 0 spiro atoms. The summed E-state index contributed by atoms with van der Waals surface area (Å²) < 4.78 is 57.0. The lowest BCUT2D eigenvalue weighted by Gasteiger charge is -2.29. The molecule has 2 aliphatic rings. The summed E-state index contributed by atoms with van der Waals surface area (Å²) in [6.45, 7) is 0.119. The van der Waals surface area contributed by atoms with Crippen LogP contribution in [0.4, 0.5) is 19.0 Å². The maximum Gasteiger partial charge on any atom is 0.573 e. The number of rotatable bonds is 12. The van der Waals surface area contributed by atoms with E-state index >= 15 is 0 Å². The van der Waals surface area contributed by atoms with Gasteiger partial charge in [0.05, 0.1) is 18.9 Å². The van der Waals surface area contributed by atoms with Gasteiger partial charge < -0.3 is 19.1 Å². The third kappa shape index (κ3) is 6.46. The number of nitrogens with zero attached hydrogens (tertiary/aromatic N) is 5. The summed E-state index contributed by atoms with van der Waals surface area (Å²) in [6, 6.07) is 9.18. The van der Waals surface area contributed by atoms with Crippen molar-refractivity contribution in [2.45, 2.75) is 69.9 Å². The summed E-state index contributed by atoms with van der Waals surface area (Å²) >= 11 is 0. The Hall–Kier alpha value is -4.26. The SMILES string of the molecule is O=C(O)c1cn2nc(N=CCC(CC3CCC3)OCc3c(-c4ccccc4OC(F)(F)F)noc3C3CC3)ccc2n1. The van der Waals surface area contributed by atoms with Crippen LogP contribution < -0.4 is 4.74 Å². The topological polar surface area (TPSA) is 124 Å². The standard InChI is InChI=1S/C29H28F3N5O5/c30-29(31,32)41-23-7-2-1-6-20(23)26-21(27(42-36-26)18-8-9-18)16-40-19(14-17-4-3-5-17)12-13-33-24-10-11-25-34-22(28(38)39)15-37(25)35-24/h1-2,6-7,10-11,13,15,17-19H,3-5,8-9,12,14,16H2,(H,38,39). The molecule has 3 aromatic heterocycles. The zero-order valence-corrected chi connectivity index (χ0v) is 22.5. The summed E-state index contributed by atoms with van der Waals surface area (Å²) in [5, 5.41) is 17.6. The van der Waals surface area contributed by atoms with E-state index in [1.807, 2.05) is 0 Å². The number of aromatic carboxylic acids is 1. The van der Waals surface area contributed by atoms with E-state index in [0.717, 1.165) is 32.1 Å². The van der Waals surface area contributed by atoms with Crippen LogP contribution in [0.3, 0.4) is 0 Å². The summed E-state index contributed by atoms with van der Waals surface area (Å²) in [5.74, 6) is 0.234. The number of fused-ring (bicyclic) bond motifs is 1. The Bertz CT molecular complexity index is 1610. The van der Waals surface area contributed by atoms with Gasteiger partial charge in [0.15, 0.2) is 17.2 Å². The normalized spacial score (nSPS) is 16.6. The second-order valence-corrected chi connectivity index (χ2v) is 10.6. The quantitative estimate of drug-likeness (QED) is 0.182. The first-order valence-electron chi connectivity index (χ1n) is 13.8. The number of para-hydroxylation sites is 1. The van der Waals surface area contributed by atoms with Gasteiger partial charge in [-0.15, -0.1) is 18.3 Å². The molecule has 2 saturated carbocycles. The maximum absolute atomic E-state index is 13.1. The molecule has 42 heavy (non-hydrogen) atoms. The van der Waals surface area contributed by atoms with E-state index in [9.17, 15) is 18.0 Å². The van der Waals surface area contributed by atoms with Gasteiger partial charge in [-0.3, -0.25) is 0 Å². The minimum Gasteiger partial charge on any atom is -0.476 e. The first kappa shape index (κ1) is 27.9. The average Bonchev–Trinajstić information content (AvgIpc) is 3.53. The van der Waals surface area contributed by atoms with Gasteiger partial charge >= 0.3 is 12.3 Å². The summed E-state index contributed by atoms with van der Waals surface area (Å²) in [5.41, 5.74) is 1.40. The van der Waals surface area contributed by atoms with Crippen LogP contribution in [0.5, 0.6) is 5.75 Å². The molecule has 3 heterocycles. The van der Waals surface area contributed by atoms with E-state index in [4.69, 9.17) is 14.4 Å². The molecule has 1 atom stereocenters. The van der Waals surface area contributed by atoms with E-state index in [1.54, 1.807) is 24.4 Å². The molecule has 0 bridgehead atoms. The molecule has 1 aromatic carbocycles. The van der Waals surface area contributed by atoms with Crippen LogP contribution in [-0.2, 0) is 11.3 Å². The number of benzene rings is 1. The predicted octanol–water partition coefficient (Wildman–Crippen LogP) is 6.73. The summed E-state index contributed by atoms with van der Waals surface area (Å²) in [4.78, 5) is 19.6. The van der Waals surface area contributed by atoms with E-state index in [2.05, 4.69) is 25.0 Å². The van der Waals surface area contributed by atoms with Crippen LogP contribution in [0.15, 0.2) is 52.1 Å². The number of hydrogen-bond donors (Lipinski definition) is 1. The number of aliphatic imine (C=N–C) groups is 1. The molecule has 0 aliphatic heterocycles. The number of ether oxygens (including phenoxy) is 2. The molecule has 10 nitrogen and oxygen atoms in total.